The second-order valence-corrected chi connectivity index (χ2v) is 7.27. The highest BCUT2D eigenvalue weighted by atomic mass is 32.2. The van der Waals surface area contributed by atoms with E-state index in [2.05, 4.69) is 49.3 Å². The van der Waals surface area contributed by atoms with Crippen molar-refractivity contribution in [1.29, 1.82) is 0 Å². The van der Waals surface area contributed by atoms with Gasteiger partial charge in [-0.15, -0.1) is 0 Å². The Bertz CT molecular complexity index is 734. The van der Waals surface area contributed by atoms with Gasteiger partial charge in [0.05, 0.1) is 16.6 Å². The Morgan fingerprint density at radius 3 is 2.50 bits per heavy atom. The lowest BCUT2D eigenvalue weighted by Gasteiger charge is -2.12. The summed E-state index contributed by atoms with van der Waals surface area (Å²) in [4.78, 5) is 3.14. The maximum atomic E-state index is 12.7. The van der Waals surface area contributed by atoms with Crippen molar-refractivity contribution in [2.45, 2.75) is 17.1 Å². The second-order valence-electron chi connectivity index (χ2n) is 5.85. The molecule has 2 nitrogen and oxygen atoms in total. The average Bonchev–Trinajstić information content (AvgIpc) is 2.63. The van der Waals surface area contributed by atoms with Crippen LogP contribution in [0, 0.1) is 0 Å². The molecule has 114 valence electrons. The summed E-state index contributed by atoms with van der Waals surface area (Å²) in [6.45, 7) is 1.01. The first-order chi connectivity index (χ1) is 10.7. The normalized spacial score (nSPS) is 18.9. The summed E-state index contributed by atoms with van der Waals surface area (Å²) < 4.78 is 12.7. The van der Waals surface area contributed by atoms with E-state index in [4.69, 9.17) is 0 Å². The average molecular weight is 311 g/mol. The molecule has 0 saturated heterocycles. The molecule has 22 heavy (non-hydrogen) atoms. The third-order valence-electron chi connectivity index (χ3n) is 3.94. The number of rotatable bonds is 3. The molecule has 2 aromatic carbocycles. The fraction of sp³-hybridized carbons (Fsp3) is 0.263. The monoisotopic (exact) mass is 311 g/mol. The molecule has 0 fully saturated rings. The highest BCUT2D eigenvalue weighted by molar-refractivity contribution is 7.84. The van der Waals surface area contributed by atoms with E-state index >= 15 is 0 Å². The molecule has 2 aromatic rings. The van der Waals surface area contributed by atoms with Crippen molar-refractivity contribution >= 4 is 16.4 Å². The van der Waals surface area contributed by atoms with Gasteiger partial charge in [0.2, 0.25) is 0 Å². The molecule has 0 unspecified atom stereocenters. The van der Waals surface area contributed by atoms with Gasteiger partial charge in [-0.1, -0.05) is 48.5 Å². The first-order valence-corrected chi connectivity index (χ1v) is 8.89. The Balaban J connectivity index is 2.14. The number of benzene rings is 2. The molecular formula is C19H21NOS. The first-order valence-electron chi connectivity index (χ1n) is 7.58. The fourth-order valence-corrected chi connectivity index (χ4v) is 4.19. The standard InChI is InChI=1S/C19H21NOS/c1-20(2)13-7-11-17-16-9-4-3-8-15(16)14-22(21)19-12-6-5-10-18(17)19/h3-6,8-12H,7,13-14H2,1-2H3/b17-11+/t22-/m0/s1. The number of fused-ring (bicyclic) bond motifs is 2. The molecule has 0 radical (unpaired) electrons. The van der Waals surface area contributed by atoms with Crippen LogP contribution in [-0.2, 0) is 16.6 Å². The minimum Gasteiger partial charge on any atom is -0.309 e. The van der Waals surface area contributed by atoms with Crippen molar-refractivity contribution in [2.24, 2.45) is 0 Å². The fourth-order valence-electron chi connectivity index (χ4n) is 2.85. The van der Waals surface area contributed by atoms with Crippen LogP contribution in [0.25, 0.3) is 5.57 Å². The molecule has 0 saturated carbocycles. The molecule has 0 bridgehead atoms. The summed E-state index contributed by atoms with van der Waals surface area (Å²) in [5, 5.41) is 0. The Morgan fingerprint density at radius 1 is 1.05 bits per heavy atom. The third kappa shape index (κ3) is 3.06. The highest BCUT2D eigenvalue weighted by Crippen LogP contribution is 2.35. The predicted molar refractivity (Wildman–Crippen MR) is 93.2 cm³/mol. The van der Waals surface area contributed by atoms with Gasteiger partial charge in [0.1, 0.15) is 0 Å². The van der Waals surface area contributed by atoms with E-state index in [-0.39, 0.29) is 0 Å². The molecule has 0 aromatic heterocycles. The first kappa shape index (κ1) is 15.2. The second kappa shape index (κ2) is 6.59. The molecule has 3 heteroatoms. The molecule has 0 amide bonds. The third-order valence-corrected chi connectivity index (χ3v) is 5.36. The van der Waals surface area contributed by atoms with E-state index in [1.165, 1.54) is 16.7 Å². The van der Waals surface area contributed by atoms with Gasteiger partial charge in [0.25, 0.3) is 0 Å². The summed E-state index contributed by atoms with van der Waals surface area (Å²) in [5.41, 5.74) is 4.73. The van der Waals surface area contributed by atoms with Crippen molar-refractivity contribution < 1.29 is 4.21 Å². The van der Waals surface area contributed by atoms with Crippen molar-refractivity contribution in [1.82, 2.24) is 4.90 Å². The Labute approximate surface area is 134 Å². The maximum Gasteiger partial charge on any atom is 0.0580 e. The van der Waals surface area contributed by atoms with Crippen molar-refractivity contribution in [3.8, 4) is 0 Å². The van der Waals surface area contributed by atoms with E-state index in [1.54, 1.807) is 0 Å². The van der Waals surface area contributed by atoms with Gasteiger partial charge in [0.15, 0.2) is 0 Å². The minimum atomic E-state index is -0.980. The zero-order chi connectivity index (χ0) is 15.5. The molecule has 1 aliphatic rings. The van der Waals surface area contributed by atoms with Gasteiger partial charge in [-0.3, -0.25) is 4.21 Å². The van der Waals surface area contributed by atoms with Crippen LogP contribution in [0.15, 0.2) is 59.5 Å². The van der Waals surface area contributed by atoms with Crippen LogP contribution in [0.3, 0.4) is 0 Å². The van der Waals surface area contributed by atoms with Gasteiger partial charge >= 0.3 is 0 Å². The van der Waals surface area contributed by atoms with Gasteiger partial charge in [0, 0.05) is 11.4 Å². The number of nitrogens with zero attached hydrogens (tertiary/aromatic N) is 1. The largest absolute Gasteiger partial charge is 0.309 e. The van der Waals surface area contributed by atoms with E-state index in [0.29, 0.717) is 5.75 Å². The smallest absolute Gasteiger partial charge is 0.0580 e. The van der Waals surface area contributed by atoms with Crippen LogP contribution in [0.1, 0.15) is 23.1 Å². The molecule has 3 rings (SSSR count). The molecule has 0 aliphatic carbocycles. The van der Waals surface area contributed by atoms with E-state index in [1.807, 2.05) is 24.3 Å². The van der Waals surface area contributed by atoms with Crippen molar-refractivity contribution in [3.05, 3.63) is 71.3 Å². The molecule has 0 spiro atoms. The summed E-state index contributed by atoms with van der Waals surface area (Å²) in [6.07, 6.45) is 3.28. The van der Waals surface area contributed by atoms with Crippen LogP contribution in [-0.4, -0.2) is 29.7 Å². The molecule has 1 atom stereocenters. The topological polar surface area (TPSA) is 20.3 Å². The lowest BCUT2D eigenvalue weighted by Crippen LogP contribution is -2.12. The summed E-state index contributed by atoms with van der Waals surface area (Å²) >= 11 is 0. The summed E-state index contributed by atoms with van der Waals surface area (Å²) in [6, 6.07) is 16.4. The summed E-state index contributed by atoms with van der Waals surface area (Å²) in [7, 11) is 3.19. The van der Waals surface area contributed by atoms with Crippen LogP contribution in [0.2, 0.25) is 0 Å². The lowest BCUT2D eigenvalue weighted by atomic mass is 9.93. The van der Waals surface area contributed by atoms with E-state index in [0.717, 1.165) is 23.4 Å². The van der Waals surface area contributed by atoms with Crippen LogP contribution in [0.5, 0.6) is 0 Å². The van der Waals surface area contributed by atoms with E-state index in [9.17, 15) is 4.21 Å². The Morgan fingerprint density at radius 2 is 1.73 bits per heavy atom. The zero-order valence-corrected chi connectivity index (χ0v) is 13.9. The quantitative estimate of drug-likeness (QED) is 0.861. The minimum absolute atomic E-state index is 0.595. The number of hydrogen-bond acceptors (Lipinski definition) is 2. The maximum absolute atomic E-state index is 12.7. The lowest BCUT2D eigenvalue weighted by molar-refractivity contribution is 0.417. The van der Waals surface area contributed by atoms with E-state index < -0.39 is 10.8 Å². The van der Waals surface area contributed by atoms with Crippen molar-refractivity contribution in [3.63, 3.8) is 0 Å². The Kier molecular flexibility index (Phi) is 4.55. The Hall–Kier alpha value is -1.71. The molecule has 1 heterocycles. The van der Waals surface area contributed by atoms with Crippen LogP contribution in [0.4, 0.5) is 0 Å². The van der Waals surface area contributed by atoms with Gasteiger partial charge in [-0.25, -0.2) is 0 Å². The molecule has 1 aliphatic heterocycles. The van der Waals surface area contributed by atoms with Gasteiger partial charge < -0.3 is 4.90 Å². The van der Waals surface area contributed by atoms with Crippen molar-refractivity contribution in [2.75, 3.05) is 20.6 Å². The molecular weight excluding hydrogens is 290 g/mol. The predicted octanol–water partition coefficient (Wildman–Crippen LogP) is 3.69. The molecule has 0 N–H and O–H groups in total. The van der Waals surface area contributed by atoms with Crippen LogP contribution >= 0.6 is 0 Å². The summed E-state index contributed by atoms with van der Waals surface area (Å²) in [5.74, 6) is 0.595. The van der Waals surface area contributed by atoms with Gasteiger partial charge in [-0.05, 0) is 48.8 Å². The highest BCUT2D eigenvalue weighted by Gasteiger charge is 2.21. The SMILES string of the molecule is CN(C)CC/C=C1\c2ccccc2C[S@](=O)c2ccccc21. The van der Waals surface area contributed by atoms with Gasteiger partial charge in [-0.2, -0.15) is 0 Å². The van der Waals surface area contributed by atoms with Crippen LogP contribution < -0.4 is 0 Å². The number of hydrogen-bond donors (Lipinski definition) is 0. The zero-order valence-electron chi connectivity index (χ0n) is 13.1.